The molecular formula is C13H9ClF3N3O3S. The first-order valence-corrected chi connectivity index (χ1v) is 7.49. The Kier molecular flexibility index (Phi) is 4.99. The Hall–Kier alpha value is -2.33. The molecule has 2 heterocycles. The molecule has 0 aliphatic carbocycles. The van der Waals surface area contributed by atoms with E-state index in [-0.39, 0.29) is 10.6 Å². The topological polar surface area (TPSA) is 94.2 Å². The van der Waals surface area contributed by atoms with Gasteiger partial charge in [-0.25, -0.2) is 0 Å². The van der Waals surface area contributed by atoms with Crippen molar-refractivity contribution in [3.8, 4) is 0 Å². The largest absolute Gasteiger partial charge is 0.417 e. The Balaban J connectivity index is 2.26. The van der Waals surface area contributed by atoms with Gasteiger partial charge in [-0.05, 0) is 17.5 Å². The lowest BCUT2D eigenvalue weighted by atomic mass is 10.2. The van der Waals surface area contributed by atoms with Crippen LogP contribution in [-0.4, -0.2) is 16.4 Å². The zero-order valence-corrected chi connectivity index (χ0v) is 13.3. The van der Waals surface area contributed by atoms with Gasteiger partial charge in [-0.1, -0.05) is 11.6 Å². The predicted octanol–water partition coefficient (Wildman–Crippen LogP) is 2.32. The second kappa shape index (κ2) is 6.65. The van der Waals surface area contributed by atoms with Crippen LogP contribution in [0.2, 0.25) is 5.02 Å². The summed E-state index contributed by atoms with van der Waals surface area (Å²) in [5.41, 5.74) is 3.07. The number of nitrogens with one attached hydrogen (secondary N) is 1. The Morgan fingerprint density at radius 3 is 2.62 bits per heavy atom. The molecule has 2 amide bonds. The lowest BCUT2D eigenvalue weighted by Crippen LogP contribution is -2.29. The second-order valence-electron chi connectivity index (χ2n) is 4.58. The summed E-state index contributed by atoms with van der Waals surface area (Å²) >= 11 is 6.50. The molecule has 3 N–H and O–H groups in total. The number of anilines is 1. The zero-order chi connectivity index (χ0) is 18.1. The average Bonchev–Trinajstić information content (AvgIpc) is 2.90. The van der Waals surface area contributed by atoms with Crippen LogP contribution in [-0.2, 0) is 17.5 Å². The van der Waals surface area contributed by atoms with Crippen molar-refractivity contribution in [1.82, 2.24) is 4.57 Å². The molecule has 11 heteroatoms. The van der Waals surface area contributed by atoms with E-state index in [2.05, 4.69) is 5.32 Å². The maximum absolute atomic E-state index is 12.7. The number of aromatic nitrogens is 1. The fraction of sp³-hybridized carbons (Fsp3) is 0.154. The molecule has 2 aromatic heterocycles. The van der Waals surface area contributed by atoms with Crippen molar-refractivity contribution in [3.63, 3.8) is 0 Å². The van der Waals surface area contributed by atoms with Gasteiger partial charge in [0.1, 0.15) is 16.6 Å². The molecular weight excluding hydrogens is 371 g/mol. The number of nitrogens with zero attached hydrogens (tertiary/aromatic N) is 1. The molecule has 0 unspecified atom stereocenters. The van der Waals surface area contributed by atoms with E-state index in [4.69, 9.17) is 17.3 Å². The maximum Gasteiger partial charge on any atom is 0.417 e. The summed E-state index contributed by atoms with van der Waals surface area (Å²) in [6.07, 6.45) is -4.22. The number of pyridine rings is 1. The first kappa shape index (κ1) is 18.0. The number of amides is 2. The first-order valence-electron chi connectivity index (χ1n) is 6.24. The minimum Gasteiger partial charge on any atom is -0.366 e. The van der Waals surface area contributed by atoms with Crippen LogP contribution >= 0.6 is 22.9 Å². The van der Waals surface area contributed by atoms with Crippen molar-refractivity contribution in [2.45, 2.75) is 12.7 Å². The highest BCUT2D eigenvalue weighted by Crippen LogP contribution is 2.29. The van der Waals surface area contributed by atoms with Crippen LogP contribution in [0.25, 0.3) is 0 Å². The number of thiophene rings is 1. The molecule has 0 radical (unpaired) electrons. The van der Waals surface area contributed by atoms with E-state index < -0.39 is 40.7 Å². The number of hydrogen-bond acceptors (Lipinski definition) is 4. The van der Waals surface area contributed by atoms with E-state index in [1.54, 1.807) is 0 Å². The standard InChI is InChI=1S/C13H9ClF3N3O3S/c14-8-3-6(13(15,16)17)4-20(12(8)23)5-9(21)19-11-7(10(18)22)1-2-24-11/h1-4H,5H2,(H2,18,22)(H,19,21). The van der Waals surface area contributed by atoms with Crippen LogP contribution < -0.4 is 16.6 Å². The molecule has 0 bridgehead atoms. The molecule has 0 aromatic carbocycles. The highest BCUT2D eigenvalue weighted by atomic mass is 35.5. The van der Waals surface area contributed by atoms with Gasteiger partial charge in [0.05, 0.1) is 11.1 Å². The Labute approximate surface area is 141 Å². The Bertz CT molecular complexity index is 860. The predicted molar refractivity (Wildman–Crippen MR) is 82.2 cm³/mol. The van der Waals surface area contributed by atoms with E-state index in [0.29, 0.717) is 16.8 Å². The van der Waals surface area contributed by atoms with Gasteiger partial charge in [-0.3, -0.25) is 14.4 Å². The zero-order valence-electron chi connectivity index (χ0n) is 11.7. The lowest BCUT2D eigenvalue weighted by molar-refractivity contribution is -0.138. The van der Waals surface area contributed by atoms with Gasteiger partial charge in [0.2, 0.25) is 5.91 Å². The van der Waals surface area contributed by atoms with E-state index in [1.165, 1.54) is 11.4 Å². The molecule has 2 aromatic rings. The molecule has 0 aliphatic heterocycles. The molecule has 24 heavy (non-hydrogen) atoms. The summed E-state index contributed by atoms with van der Waals surface area (Å²) in [4.78, 5) is 34.9. The Morgan fingerprint density at radius 1 is 1.38 bits per heavy atom. The minimum atomic E-state index is -4.72. The summed E-state index contributed by atoms with van der Waals surface area (Å²) in [6.45, 7) is -0.710. The molecule has 0 atom stereocenters. The van der Waals surface area contributed by atoms with Crippen molar-refractivity contribution in [1.29, 1.82) is 0 Å². The molecule has 6 nitrogen and oxygen atoms in total. The van der Waals surface area contributed by atoms with Crippen LogP contribution in [0.15, 0.2) is 28.5 Å². The van der Waals surface area contributed by atoms with Gasteiger partial charge in [-0.15, -0.1) is 11.3 Å². The number of alkyl halides is 3. The highest BCUT2D eigenvalue weighted by Gasteiger charge is 2.32. The number of hydrogen-bond donors (Lipinski definition) is 2. The second-order valence-corrected chi connectivity index (χ2v) is 5.91. The summed E-state index contributed by atoms with van der Waals surface area (Å²) in [5, 5.41) is 3.30. The third kappa shape index (κ3) is 3.95. The van der Waals surface area contributed by atoms with Crippen LogP contribution in [0.4, 0.5) is 18.2 Å². The van der Waals surface area contributed by atoms with Gasteiger partial charge < -0.3 is 15.6 Å². The summed E-state index contributed by atoms with van der Waals surface area (Å²) < 4.78 is 38.8. The van der Waals surface area contributed by atoms with Crippen molar-refractivity contribution in [2.24, 2.45) is 5.73 Å². The van der Waals surface area contributed by atoms with Crippen LogP contribution in [0.1, 0.15) is 15.9 Å². The van der Waals surface area contributed by atoms with Gasteiger partial charge in [0.25, 0.3) is 11.5 Å². The number of halogens is 4. The third-order valence-electron chi connectivity index (χ3n) is 2.87. The summed E-state index contributed by atoms with van der Waals surface area (Å²) in [5.74, 6) is -1.58. The van der Waals surface area contributed by atoms with Gasteiger partial charge >= 0.3 is 6.18 Å². The molecule has 0 saturated carbocycles. The van der Waals surface area contributed by atoms with Gasteiger partial charge in [0.15, 0.2) is 0 Å². The molecule has 0 saturated heterocycles. The van der Waals surface area contributed by atoms with E-state index in [1.807, 2.05) is 0 Å². The van der Waals surface area contributed by atoms with E-state index in [9.17, 15) is 27.6 Å². The lowest BCUT2D eigenvalue weighted by Gasteiger charge is -2.12. The fourth-order valence-electron chi connectivity index (χ4n) is 1.79. The van der Waals surface area contributed by atoms with Crippen LogP contribution in [0, 0.1) is 0 Å². The molecule has 0 spiro atoms. The number of nitrogens with two attached hydrogens (primary N) is 1. The summed E-state index contributed by atoms with van der Waals surface area (Å²) in [7, 11) is 0. The van der Waals surface area contributed by atoms with E-state index >= 15 is 0 Å². The number of carbonyl (C=O) groups is 2. The highest BCUT2D eigenvalue weighted by molar-refractivity contribution is 7.14. The molecule has 128 valence electrons. The maximum atomic E-state index is 12.7. The first-order chi connectivity index (χ1) is 11.1. The van der Waals surface area contributed by atoms with E-state index in [0.717, 1.165) is 11.3 Å². The van der Waals surface area contributed by atoms with Crippen LogP contribution in [0.5, 0.6) is 0 Å². The molecule has 2 rings (SSSR count). The van der Waals surface area contributed by atoms with Crippen molar-refractivity contribution in [3.05, 3.63) is 50.2 Å². The quantitative estimate of drug-likeness (QED) is 0.853. The minimum absolute atomic E-state index is 0.0581. The summed E-state index contributed by atoms with van der Waals surface area (Å²) in [6, 6.07) is 1.87. The number of primary amides is 1. The fourth-order valence-corrected chi connectivity index (χ4v) is 2.83. The smallest absolute Gasteiger partial charge is 0.366 e. The van der Waals surface area contributed by atoms with Gasteiger partial charge in [-0.2, -0.15) is 13.2 Å². The Morgan fingerprint density at radius 2 is 2.04 bits per heavy atom. The monoisotopic (exact) mass is 379 g/mol. The third-order valence-corrected chi connectivity index (χ3v) is 3.97. The average molecular weight is 380 g/mol. The molecule has 0 aliphatic rings. The number of rotatable bonds is 4. The van der Waals surface area contributed by atoms with Crippen molar-refractivity contribution < 1.29 is 22.8 Å². The number of carbonyl (C=O) groups excluding carboxylic acids is 2. The SMILES string of the molecule is NC(=O)c1ccsc1NC(=O)Cn1cc(C(F)(F)F)cc(Cl)c1=O. The van der Waals surface area contributed by atoms with Crippen LogP contribution in [0.3, 0.4) is 0 Å². The van der Waals surface area contributed by atoms with Crippen molar-refractivity contribution >= 4 is 39.8 Å². The van der Waals surface area contributed by atoms with Crippen molar-refractivity contribution in [2.75, 3.05) is 5.32 Å². The van der Waals surface area contributed by atoms with Gasteiger partial charge in [0, 0.05) is 6.20 Å². The normalized spacial score (nSPS) is 11.3. The molecule has 0 fully saturated rings.